The summed E-state index contributed by atoms with van der Waals surface area (Å²) in [6.07, 6.45) is 5.31. The van der Waals surface area contributed by atoms with E-state index in [1.807, 2.05) is 26.0 Å². The number of nitrogens with zero attached hydrogens (tertiary/aromatic N) is 1. The predicted molar refractivity (Wildman–Crippen MR) is 80.2 cm³/mol. The van der Waals surface area contributed by atoms with Crippen LogP contribution >= 0.6 is 0 Å². The highest BCUT2D eigenvalue weighted by atomic mass is 16.5. The Labute approximate surface area is 125 Å². The van der Waals surface area contributed by atoms with E-state index in [9.17, 15) is 4.79 Å². The number of pyridine rings is 1. The number of carboxylic acid groups (broad SMARTS) is 1. The topological polar surface area (TPSA) is 71.5 Å². The fraction of sp³-hybridized carbons (Fsp3) is 0.625. The van der Waals surface area contributed by atoms with Crippen LogP contribution in [0.4, 0.5) is 0 Å². The second kappa shape index (κ2) is 7.41. The molecule has 2 unspecified atom stereocenters. The number of hydrogen-bond donors (Lipinski definition) is 2. The van der Waals surface area contributed by atoms with Crippen LogP contribution in [0.15, 0.2) is 18.3 Å². The van der Waals surface area contributed by atoms with E-state index in [4.69, 9.17) is 9.84 Å². The summed E-state index contributed by atoms with van der Waals surface area (Å²) in [6, 6.07) is 4.15. The van der Waals surface area contributed by atoms with Gasteiger partial charge in [-0.15, -0.1) is 0 Å². The first-order chi connectivity index (χ1) is 10.1. The molecule has 1 aromatic heterocycles. The van der Waals surface area contributed by atoms with Gasteiger partial charge in [-0.25, -0.2) is 4.98 Å². The molecule has 0 spiro atoms. The van der Waals surface area contributed by atoms with Crippen LogP contribution in [0.1, 0.15) is 45.1 Å². The number of carbonyl (C=O) groups is 1. The zero-order valence-electron chi connectivity index (χ0n) is 12.7. The average Bonchev–Trinajstić information content (AvgIpc) is 2.46. The van der Waals surface area contributed by atoms with Crippen LogP contribution in [0.25, 0.3) is 0 Å². The highest BCUT2D eigenvalue weighted by Gasteiger charge is 2.26. The molecule has 1 aliphatic carbocycles. The largest absolute Gasteiger partial charge is 0.481 e. The Morgan fingerprint density at radius 2 is 2.33 bits per heavy atom. The van der Waals surface area contributed by atoms with E-state index < -0.39 is 5.97 Å². The number of rotatable bonds is 6. The predicted octanol–water partition coefficient (Wildman–Crippen LogP) is 2.60. The maximum Gasteiger partial charge on any atom is 0.306 e. The van der Waals surface area contributed by atoms with Gasteiger partial charge in [0.05, 0.1) is 12.0 Å². The molecule has 0 saturated heterocycles. The third-order valence-corrected chi connectivity index (χ3v) is 3.80. The Morgan fingerprint density at radius 1 is 1.52 bits per heavy atom. The molecule has 5 heteroatoms. The van der Waals surface area contributed by atoms with Crippen molar-refractivity contribution in [2.75, 3.05) is 0 Å². The smallest absolute Gasteiger partial charge is 0.306 e. The van der Waals surface area contributed by atoms with Crippen LogP contribution in [-0.4, -0.2) is 28.2 Å². The normalized spacial score (nSPS) is 22.2. The summed E-state index contributed by atoms with van der Waals surface area (Å²) in [5.41, 5.74) is 1.02. The standard InChI is InChI=1S/C16H24N2O3/c1-11(2)21-15-13(6-4-8-17-15)10-18-14-7-3-5-12(9-14)16(19)20/h4,6,8,11-12,14,18H,3,5,7,9-10H2,1-2H3,(H,19,20). The van der Waals surface area contributed by atoms with Gasteiger partial charge >= 0.3 is 5.97 Å². The Balaban J connectivity index is 1.92. The Kier molecular flexibility index (Phi) is 5.56. The van der Waals surface area contributed by atoms with Crippen molar-refractivity contribution in [2.24, 2.45) is 5.92 Å². The van der Waals surface area contributed by atoms with Crippen molar-refractivity contribution in [3.63, 3.8) is 0 Å². The molecular weight excluding hydrogens is 268 g/mol. The Bertz CT molecular complexity index is 476. The Morgan fingerprint density at radius 3 is 3.05 bits per heavy atom. The third kappa shape index (κ3) is 4.70. The van der Waals surface area contributed by atoms with Gasteiger partial charge in [-0.2, -0.15) is 0 Å². The van der Waals surface area contributed by atoms with Crippen LogP contribution in [0.2, 0.25) is 0 Å². The van der Waals surface area contributed by atoms with E-state index in [-0.39, 0.29) is 18.1 Å². The lowest BCUT2D eigenvalue weighted by Gasteiger charge is -2.27. The minimum Gasteiger partial charge on any atom is -0.481 e. The van der Waals surface area contributed by atoms with Gasteiger partial charge < -0.3 is 15.2 Å². The lowest BCUT2D eigenvalue weighted by Crippen LogP contribution is -2.36. The molecule has 1 saturated carbocycles. The van der Waals surface area contributed by atoms with Crippen LogP contribution in [0, 0.1) is 5.92 Å². The van der Waals surface area contributed by atoms with Crippen molar-refractivity contribution < 1.29 is 14.6 Å². The molecule has 116 valence electrons. The molecule has 5 nitrogen and oxygen atoms in total. The quantitative estimate of drug-likeness (QED) is 0.843. The van der Waals surface area contributed by atoms with Gasteiger partial charge in [-0.05, 0) is 39.2 Å². The molecule has 1 aliphatic rings. The number of aromatic nitrogens is 1. The number of carboxylic acids is 1. The van der Waals surface area contributed by atoms with Crippen molar-refractivity contribution in [2.45, 2.75) is 58.2 Å². The van der Waals surface area contributed by atoms with Crippen molar-refractivity contribution in [1.29, 1.82) is 0 Å². The molecule has 0 amide bonds. The molecule has 21 heavy (non-hydrogen) atoms. The lowest BCUT2D eigenvalue weighted by atomic mass is 9.86. The summed E-state index contributed by atoms with van der Waals surface area (Å²) in [4.78, 5) is 15.4. The van der Waals surface area contributed by atoms with Crippen LogP contribution in [0.5, 0.6) is 5.88 Å². The van der Waals surface area contributed by atoms with Gasteiger partial charge in [0.15, 0.2) is 0 Å². The molecule has 0 aromatic carbocycles. The highest BCUT2D eigenvalue weighted by Crippen LogP contribution is 2.25. The fourth-order valence-corrected chi connectivity index (χ4v) is 2.74. The molecule has 1 heterocycles. The summed E-state index contributed by atoms with van der Waals surface area (Å²) >= 11 is 0. The summed E-state index contributed by atoms with van der Waals surface area (Å²) in [7, 11) is 0. The van der Waals surface area contributed by atoms with Crippen molar-refractivity contribution >= 4 is 5.97 Å². The summed E-state index contributed by atoms with van der Waals surface area (Å²) in [5, 5.41) is 12.6. The first kappa shape index (κ1) is 15.8. The van der Waals surface area contributed by atoms with E-state index in [2.05, 4.69) is 10.3 Å². The zero-order valence-corrected chi connectivity index (χ0v) is 12.7. The second-order valence-electron chi connectivity index (χ2n) is 5.91. The molecule has 2 atom stereocenters. The molecular formula is C16H24N2O3. The van der Waals surface area contributed by atoms with Crippen LogP contribution in [0.3, 0.4) is 0 Å². The van der Waals surface area contributed by atoms with Gasteiger partial charge in [-0.3, -0.25) is 4.79 Å². The second-order valence-corrected chi connectivity index (χ2v) is 5.91. The number of hydrogen-bond acceptors (Lipinski definition) is 4. The number of aliphatic carboxylic acids is 1. The molecule has 1 aromatic rings. The van der Waals surface area contributed by atoms with Crippen molar-refractivity contribution in [3.05, 3.63) is 23.9 Å². The molecule has 1 fully saturated rings. The third-order valence-electron chi connectivity index (χ3n) is 3.80. The fourth-order valence-electron chi connectivity index (χ4n) is 2.74. The number of nitrogens with one attached hydrogen (secondary N) is 1. The summed E-state index contributed by atoms with van der Waals surface area (Å²) in [6.45, 7) is 4.61. The average molecular weight is 292 g/mol. The van der Waals surface area contributed by atoms with E-state index in [1.165, 1.54) is 0 Å². The maximum atomic E-state index is 11.1. The summed E-state index contributed by atoms with van der Waals surface area (Å²) < 4.78 is 5.70. The highest BCUT2D eigenvalue weighted by molar-refractivity contribution is 5.70. The first-order valence-electron chi connectivity index (χ1n) is 7.63. The molecule has 0 radical (unpaired) electrons. The molecule has 2 N–H and O–H groups in total. The molecule has 0 bridgehead atoms. The van der Waals surface area contributed by atoms with Gasteiger partial charge in [0, 0.05) is 24.3 Å². The first-order valence-corrected chi connectivity index (χ1v) is 7.63. The Hall–Kier alpha value is -1.62. The molecule has 0 aliphatic heterocycles. The molecule has 2 rings (SSSR count). The van der Waals surface area contributed by atoms with E-state index in [1.54, 1.807) is 6.20 Å². The van der Waals surface area contributed by atoms with Gasteiger partial charge in [-0.1, -0.05) is 12.5 Å². The minimum absolute atomic E-state index is 0.0877. The monoisotopic (exact) mass is 292 g/mol. The summed E-state index contributed by atoms with van der Waals surface area (Å²) in [5.74, 6) is -0.228. The van der Waals surface area contributed by atoms with Crippen molar-refractivity contribution in [3.8, 4) is 5.88 Å². The maximum absolute atomic E-state index is 11.1. The van der Waals surface area contributed by atoms with Gasteiger partial charge in [0.1, 0.15) is 0 Å². The van der Waals surface area contributed by atoms with E-state index >= 15 is 0 Å². The van der Waals surface area contributed by atoms with E-state index in [0.717, 1.165) is 24.8 Å². The number of ether oxygens (including phenoxy) is 1. The van der Waals surface area contributed by atoms with E-state index in [0.29, 0.717) is 18.8 Å². The van der Waals surface area contributed by atoms with Gasteiger partial charge in [0.25, 0.3) is 0 Å². The van der Waals surface area contributed by atoms with Crippen molar-refractivity contribution in [1.82, 2.24) is 10.3 Å². The SMILES string of the molecule is CC(C)Oc1ncccc1CNC1CCCC(C(=O)O)C1. The minimum atomic E-state index is -0.674. The van der Waals surface area contributed by atoms with Crippen LogP contribution in [-0.2, 0) is 11.3 Å². The van der Waals surface area contributed by atoms with Crippen LogP contribution < -0.4 is 10.1 Å². The zero-order chi connectivity index (χ0) is 15.2. The van der Waals surface area contributed by atoms with Gasteiger partial charge in [0.2, 0.25) is 5.88 Å². The lowest BCUT2D eigenvalue weighted by molar-refractivity contribution is -0.143.